The molecule has 0 aliphatic heterocycles. The number of carbonyl (C=O) groups is 2. The topological polar surface area (TPSA) is 66.4 Å². The number of allylic oxidation sites excluding steroid dienone is 1. The van der Waals surface area contributed by atoms with Crippen molar-refractivity contribution < 1.29 is 14.7 Å². The molecule has 4 nitrogen and oxygen atoms in total. The first kappa shape index (κ1) is 17.3. The van der Waals surface area contributed by atoms with Crippen LogP contribution in [0.1, 0.15) is 56.8 Å². The summed E-state index contributed by atoms with van der Waals surface area (Å²) in [5.74, 6) is -0.340. The molecule has 2 N–H and O–H groups in total. The van der Waals surface area contributed by atoms with Crippen molar-refractivity contribution in [3.05, 3.63) is 41.6 Å². The van der Waals surface area contributed by atoms with Gasteiger partial charge in [-0.25, -0.2) is 4.79 Å². The van der Waals surface area contributed by atoms with Gasteiger partial charge in [-0.15, -0.1) is 0 Å². The molecule has 1 atom stereocenters. The summed E-state index contributed by atoms with van der Waals surface area (Å²) in [6.45, 7) is 6.68. The van der Waals surface area contributed by atoms with Crippen LogP contribution in [0.25, 0.3) is 0 Å². The van der Waals surface area contributed by atoms with E-state index in [-0.39, 0.29) is 16.8 Å². The quantitative estimate of drug-likeness (QED) is 0.786. The Balaban J connectivity index is 2.18. The van der Waals surface area contributed by atoms with E-state index in [1.54, 1.807) is 30.5 Å². The highest BCUT2D eigenvalue weighted by atomic mass is 16.4. The zero-order valence-corrected chi connectivity index (χ0v) is 14.1. The minimum Gasteiger partial charge on any atom is -0.478 e. The number of para-hydroxylation sites is 1. The molecule has 2 rings (SSSR count). The summed E-state index contributed by atoms with van der Waals surface area (Å²) in [7, 11) is 0. The lowest BCUT2D eigenvalue weighted by Gasteiger charge is -2.36. The molecule has 0 heterocycles. The van der Waals surface area contributed by atoms with Crippen LogP contribution in [-0.4, -0.2) is 16.9 Å². The summed E-state index contributed by atoms with van der Waals surface area (Å²) in [5, 5.41) is 12.2. The molecule has 0 bridgehead atoms. The average molecular weight is 315 g/mol. The Bertz CT molecular complexity index is 631. The molecule has 4 heteroatoms. The van der Waals surface area contributed by atoms with E-state index >= 15 is 0 Å². The van der Waals surface area contributed by atoms with Crippen LogP contribution in [0.4, 0.5) is 5.69 Å². The number of ketones is 1. The molecule has 1 fully saturated rings. The lowest BCUT2D eigenvalue weighted by molar-refractivity contribution is -0.117. The van der Waals surface area contributed by atoms with Gasteiger partial charge < -0.3 is 10.4 Å². The molecule has 124 valence electrons. The van der Waals surface area contributed by atoms with E-state index in [0.29, 0.717) is 18.0 Å². The fourth-order valence-electron chi connectivity index (χ4n) is 3.00. The molecule has 0 unspecified atom stereocenters. The third-order valence-electron chi connectivity index (χ3n) is 5.12. The number of carboxylic acids is 1. The summed E-state index contributed by atoms with van der Waals surface area (Å²) in [4.78, 5) is 23.4. The monoisotopic (exact) mass is 315 g/mol. The zero-order chi connectivity index (χ0) is 17.0. The lowest BCUT2D eigenvalue weighted by Crippen LogP contribution is -2.29. The molecule has 0 aromatic heterocycles. The Morgan fingerprint density at radius 3 is 2.74 bits per heavy atom. The van der Waals surface area contributed by atoms with E-state index in [2.05, 4.69) is 26.1 Å². The number of anilines is 1. The van der Waals surface area contributed by atoms with Crippen LogP contribution in [0.3, 0.4) is 0 Å². The number of carbonyl (C=O) groups excluding carboxylic acids is 1. The van der Waals surface area contributed by atoms with Crippen LogP contribution in [0.15, 0.2) is 36.0 Å². The number of aromatic carboxylic acids is 1. The Hall–Kier alpha value is -2.10. The van der Waals surface area contributed by atoms with Gasteiger partial charge in [0, 0.05) is 18.2 Å². The van der Waals surface area contributed by atoms with Crippen molar-refractivity contribution in [2.24, 2.45) is 11.3 Å². The molecule has 1 saturated carbocycles. The second kappa shape index (κ2) is 6.99. The van der Waals surface area contributed by atoms with Gasteiger partial charge in [0.05, 0.1) is 11.3 Å². The van der Waals surface area contributed by atoms with Gasteiger partial charge in [0.25, 0.3) is 0 Å². The fraction of sp³-hybridized carbons (Fsp3) is 0.474. The summed E-state index contributed by atoms with van der Waals surface area (Å²) < 4.78 is 0. The third kappa shape index (κ3) is 4.01. The van der Waals surface area contributed by atoms with Gasteiger partial charge in [-0.1, -0.05) is 39.3 Å². The summed E-state index contributed by atoms with van der Waals surface area (Å²) >= 11 is 0. The first-order valence-corrected chi connectivity index (χ1v) is 8.16. The first-order valence-electron chi connectivity index (χ1n) is 8.16. The fourth-order valence-corrected chi connectivity index (χ4v) is 3.00. The SMILES string of the molecule is CCC(C)(C)[C@@H]1CCC(=O)/C(=C/Nc2ccccc2C(=O)O)C1. The van der Waals surface area contributed by atoms with Gasteiger partial charge >= 0.3 is 5.97 Å². The number of hydrogen-bond acceptors (Lipinski definition) is 3. The number of benzene rings is 1. The largest absolute Gasteiger partial charge is 0.478 e. The Kier molecular flexibility index (Phi) is 5.24. The first-order chi connectivity index (χ1) is 10.8. The molecule has 23 heavy (non-hydrogen) atoms. The Labute approximate surface area is 137 Å². The molecule has 0 radical (unpaired) electrons. The van der Waals surface area contributed by atoms with Crippen LogP contribution < -0.4 is 5.32 Å². The molecule has 1 aliphatic carbocycles. The summed E-state index contributed by atoms with van der Waals surface area (Å²) in [6.07, 6.45) is 5.03. The number of nitrogens with one attached hydrogen (secondary N) is 1. The van der Waals surface area contributed by atoms with Crippen molar-refractivity contribution in [2.75, 3.05) is 5.32 Å². The minimum atomic E-state index is -0.980. The van der Waals surface area contributed by atoms with Crippen LogP contribution in [0.5, 0.6) is 0 Å². The zero-order valence-electron chi connectivity index (χ0n) is 14.1. The van der Waals surface area contributed by atoms with Crippen LogP contribution in [-0.2, 0) is 4.79 Å². The van der Waals surface area contributed by atoms with Crippen molar-refractivity contribution >= 4 is 17.4 Å². The van der Waals surface area contributed by atoms with Crippen molar-refractivity contribution in [1.82, 2.24) is 0 Å². The molecule has 1 aromatic carbocycles. The summed E-state index contributed by atoms with van der Waals surface area (Å²) in [6, 6.07) is 6.72. The van der Waals surface area contributed by atoms with Crippen molar-refractivity contribution in [1.29, 1.82) is 0 Å². The van der Waals surface area contributed by atoms with E-state index in [9.17, 15) is 14.7 Å². The maximum Gasteiger partial charge on any atom is 0.337 e. The van der Waals surface area contributed by atoms with Gasteiger partial charge in [0.1, 0.15) is 0 Å². The highest BCUT2D eigenvalue weighted by molar-refractivity contribution is 5.97. The van der Waals surface area contributed by atoms with E-state index < -0.39 is 5.97 Å². The molecule has 1 aliphatic rings. The van der Waals surface area contributed by atoms with Crippen molar-refractivity contribution in [2.45, 2.75) is 46.5 Å². The van der Waals surface area contributed by atoms with E-state index in [4.69, 9.17) is 0 Å². The smallest absolute Gasteiger partial charge is 0.337 e. The second-order valence-corrected chi connectivity index (χ2v) is 6.87. The molecular weight excluding hydrogens is 290 g/mol. The van der Waals surface area contributed by atoms with Gasteiger partial charge in [0.15, 0.2) is 5.78 Å². The summed E-state index contributed by atoms with van der Waals surface area (Å²) in [5.41, 5.74) is 1.69. The minimum absolute atomic E-state index is 0.161. The molecule has 0 amide bonds. The number of Topliss-reactive ketones (excluding diaryl/α,β-unsaturated/α-hetero) is 1. The van der Waals surface area contributed by atoms with Crippen LogP contribution >= 0.6 is 0 Å². The van der Waals surface area contributed by atoms with Gasteiger partial charge in [-0.05, 0) is 36.3 Å². The number of carboxylic acid groups (broad SMARTS) is 1. The average Bonchev–Trinajstić information content (AvgIpc) is 2.54. The lowest BCUT2D eigenvalue weighted by atomic mass is 9.68. The van der Waals surface area contributed by atoms with E-state index in [0.717, 1.165) is 24.8 Å². The van der Waals surface area contributed by atoms with Crippen LogP contribution in [0.2, 0.25) is 0 Å². The molecule has 0 saturated heterocycles. The Morgan fingerprint density at radius 1 is 1.39 bits per heavy atom. The maximum absolute atomic E-state index is 12.2. The normalized spacial score (nSPS) is 20.6. The highest BCUT2D eigenvalue weighted by Gasteiger charge is 2.33. The maximum atomic E-state index is 12.2. The molecule has 1 aromatic rings. The Morgan fingerprint density at radius 2 is 2.09 bits per heavy atom. The number of rotatable bonds is 5. The highest BCUT2D eigenvalue weighted by Crippen LogP contribution is 2.41. The number of hydrogen-bond donors (Lipinski definition) is 2. The van der Waals surface area contributed by atoms with Gasteiger partial charge in [-0.2, -0.15) is 0 Å². The standard InChI is InChI=1S/C19H25NO3/c1-4-19(2,3)14-9-10-17(21)13(11-14)12-20-16-8-6-5-7-15(16)18(22)23/h5-8,12,14,20H,4,9-11H2,1-3H3,(H,22,23)/b13-12+/t14-/m1/s1. The van der Waals surface area contributed by atoms with Crippen molar-refractivity contribution in [3.63, 3.8) is 0 Å². The predicted molar refractivity (Wildman–Crippen MR) is 91.5 cm³/mol. The molecular formula is C19H25NO3. The van der Waals surface area contributed by atoms with Gasteiger partial charge in [0.2, 0.25) is 0 Å². The molecule has 0 spiro atoms. The van der Waals surface area contributed by atoms with Crippen LogP contribution in [0, 0.1) is 11.3 Å². The van der Waals surface area contributed by atoms with Gasteiger partial charge in [-0.3, -0.25) is 4.79 Å². The second-order valence-electron chi connectivity index (χ2n) is 6.87. The van der Waals surface area contributed by atoms with E-state index in [1.165, 1.54) is 0 Å². The third-order valence-corrected chi connectivity index (χ3v) is 5.12. The van der Waals surface area contributed by atoms with E-state index in [1.807, 2.05) is 0 Å². The predicted octanol–water partition coefficient (Wildman–Crippen LogP) is 4.49. The van der Waals surface area contributed by atoms with Crippen molar-refractivity contribution in [3.8, 4) is 0 Å².